The molecule has 29 heavy (non-hydrogen) atoms. The number of hydrogen-bond acceptors (Lipinski definition) is 4. The van der Waals surface area contributed by atoms with Crippen LogP contribution in [0, 0.1) is 0 Å². The maximum Gasteiger partial charge on any atom is 0.227 e. The van der Waals surface area contributed by atoms with Crippen LogP contribution in [0.25, 0.3) is 10.8 Å². The molecule has 0 unspecified atom stereocenters. The zero-order valence-corrected chi connectivity index (χ0v) is 17.1. The van der Waals surface area contributed by atoms with Gasteiger partial charge in [-0.2, -0.15) is 0 Å². The lowest BCUT2D eigenvalue weighted by Crippen LogP contribution is -2.29. The second kappa shape index (κ2) is 8.64. The highest BCUT2D eigenvalue weighted by atomic mass is 16.5. The highest BCUT2D eigenvalue weighted by molar-refractivity contribution is 5.88. The molecule has 0 aliphatic heterocycles. The van der Waals surface area contributed by atoms with Crippen LogP contribution in [0.1, 0.15) is 62.4 Å². The van der Waals surface area contributed by atoms with Gasteiger partial charge in [0.1, 0.15) is 12.1 Å². The molecule has 1 aliphatic carbocycles. The minimum absolute atomic E-state index is 0.00365. The van der Waals surface area contributed by atoms with Crippen molar-refractivity contribution in [1.29, 1.82) is 0 Å². The highest BCUT2D eigenvalue weighted by Crippen LogP contribution is 2.29. The monoisotopic (exact) mass is 392 g/mol. The number of nitrogens with one attached hydrogen (secondary N) is 1. The molecule has 3 aromatic rings. The number of nitrogens with zero attached hydrogens (tertiary/aromatic N) is 3. The van der Waals surface area contributed by atoms with E-state index < -0.39 is 0 Å². The van der Waals surface area contributed by atoms with Gasteiger partial charge < -0.3 is 14.6 Å². The maximum atomic E-state index is 12.8. The fourth-order valence-corrected chi connectivity index (χ4v) is 4.17. The van der Waals surface area contributed by atoms with Gasteiger partial charge in [0, 0.05) is 6.04 Å². The van der Waals surface area contributed by atoms with Crippen LogP contribution in [0.3, 0.4) is 0 Å². The first-order valence-electron chi connectivity index (χ1n) is 10.4. The van der Waals surface area contributed by atoms with Gasteiger partial charge in [0.2, 0.25) is 5.91 Å². The van der Waals surface area contributed by atoms with Gasteiger partial charge in [0.05, 0.1) is 19.6 Å². The molecule has 1 N–H and O–H groups in total. The molecule has 2 aromatic carbocycles. The van der Waals surface area contributed by atoms with E-state index >= 15 is 0 Å². The van der Waals surface area contributed by atoms with E-state index in [2.05, 4.69) is 26.1 Å². The van der Waals surface area contributed by atoms with Crippen LogP contribution >= 0.6 is 0 Å². The summed E-state index contributed by atoms with van der Waals surface area (Å²) in [5.41, 5.74) is 0.994. The Morgan fingerprint density at radius 2 is 1.93 bits per heavy atom. The molecule has 0 spiro atoms. The molecule has 1 amide bonds. The van der Waals surface area contributed by atoms with E-state index in [4.69, 9.17) is 4.74 Å². The SMILES string of the molecule is COc1ccc2cc([C@H](C)C(=O)NCc3nncn3C3CCCCC3)ccc2c1. The lowest BCUT2D eigenvalue weighted by molar-refractivity contribution is -0.122. The van der Waals surface area contributed by atoms with E-state index in [0.29, 0.717) is 12.6 Å². The topological polar surface area (TPSA) is 69.0 Å². The minimum atomic E-state index is -0.243. The Morgan fingerprint density at radius 3 is 2.72 bits per heavy atom. The number of carbonyl (C=O) groups is 1. The highest BCUT2D eigenvalue weighted by Gasteiger charge is 2.20. The molecule has 1 saturated carbocycles. The summed E-state index contributed by atoms with van der Waals surface area (Å²) in [5, 5.41) is 13.6. The van der Waals surface area contributed by atoms with Crippen molar-refractivity contribution in [3.63, 3.8) is 0 Å². The van der Waals surface area contributed by atoms with Crippen LogP contribution < -0.4 is 10.1 Å². The van der Waals surface area contributed by atoms with E-state index in [9.17, 15) is 4.79 Å². The van der Waals surface area contributed by atoms with E-state index in [0.717, 1.165) is 40.8 Å². The van der Waals surface area contributed by atoms with E-state index in [1.165, 1.54) is 19.3 Å². The minimum Gasteiger partial charge on any atom is -0.497 e. The van der Waals surface area contributed by atoms with Crippen molar-refractivity contribution in [3.05, 3.63) is 54.1 Å². The fourth-order valence-electron chi connectivity index (χ4n) is 4.17. The summed E-state index contributed by atoms with van der Waals surface area (Å²) >= 11 is 0. The van der Waals surface area contributed by atoms with Crippen LogP contribution in [0.4, 0.5) is 0 Å². The summed E-state index contributed by atoms with van der Waals surface area (Å²) in [6.07, 6.45) is 7.94. The van der Waals surface area contributed by atoms with Crippen LogP contribution in [0.15, 0.2) is 42.7 Å². The van der Waals surface area contributed by atoms with Crippen molar-refractivity contribution in [2.75, 3.05) is 7.11 Å². The van der Waals surface area contributed by atoms with Crippen molar-refractivity contribution in [2.45, 2.75) is 57.5 Å². The number of amides is 1. The molecule has 152 valence electrons. The molecule has 1 atom stereocenters. The van der Waals surface area contributed by atoms with Crippen molar-refractivity contribution in [3.8, 4) is 5.75 Å². The first-order chi connectivity index (χ1) is 14.2. The fraction of sp³-hybridized carbons (Fsp3) is 0.435. The number of benzene rings is 2. The summed E-state index contributed by atoms with van der Waals surface area (Å²) in [6.45, 7) is 2.34. The molecular formula is C23H28N4O2. The Bertz CT molecular complexity index is 991. The van der Waals surface area contributed by atoms with Gasteiger partial charge >= 0.3 is 0 Å². The van der Waals surface area contributed by atoms with E-state index in [1.807, 2.05) is 37.3 Å². The molecule has 1 aromatic heterocycles. The zero-order chi connectivity index (χ0) is 20.2. The van der Waals surface area contributed by atoms with Gasteiger partial charge in [-0.25, -0.2) is 0 Å². The molecule has 1 fully saturated rings. The molecular weight excluding hydrogens is 364 g/mol. The van der Waals surface area contributed by atoms with Crippen molar-refractivity contribution in [1.82, 2.24) is 20.1 Å². The Kier molecular flexibility index (Phi) is 5.79. The normalized spacial score (nSPS) is 15.9. The van der Waals surface area contributed by atoms with Crippen LogP contribution in [-0.2, 0) is 11.3 Å². The lowest BCUT2D eigenvalue weighted by atomic mass is 9.95. The third-order valence-corrected chi connectivity index (χ3v) is 6.00. The van der Waals surface area contributed by atoms with Gasteiger partial charge in [-0.1, -0.05) is 43.5 Å². The standard InChI is InChI=1S/C23H28N4O2/c1-16(17-8-9-19-13-21(29-2)11-10-18(19)12-17)23(28)24-14-22-26-25-15-27(22)20-6-4-3-5-7-20/h8-13,15-16,20H,3-7,14H2,1-2H3,(H,24,28)/t16-/m0/s1. The third kappa shape index (κ3) is 4.26. The molecule has 6 nitrogen and oxygen atoms in total. The Labute approximate surface area is 171 Å². The Balaban J connectivity index is 1.42. The van der Waals surface area contributed by atoms with Gasteiger partial charge in [-0.05, 0) is 48.2 Å². The number of carbonyl (C=O) groups excluding carboxylic acids is 1. The number of ether oxygens (including phenoxy) is 1. The number of hydrogen-bond donors (Lipinski definition) is 1. The number of fused-ring (bicyclic) bond motifs is 1. The predicted molar refractivity (Wildman–Crippen MR) is 113 cm³/mol. The molecule has 6 heteroatoms. The average Bonchev–Trinajstić information content (AvgIpc) is 3.25. The van der Waals surface area contributed by atoms with Gasteiger partial charge in [-0.3, -0.25) is 4.79 Å². The largest absolute Gasteiger partial charge is 0.497 e. The van der Waals surface area contributed by atoms with Crippen LogP contribution in [-0.4, -0.2) is 27.8 Å². The summed E-state index contributed by atoms with van der Waals surface area (Å²) < 4.78 is 7.43. The molecule has 4 rings (SSSR count). The first kappa shape index (κ1) is 19.4. The molecule has 0 bridgehead atoms. The molecule has 0 saturated heterocycles. The summed E-state index contributed by atoms with van der Waals surface area (Å²) in [7, 11) is 1.66. The molecule has 0 radical (unpaired) electrons. The van der Waals surface area contributed by atoms with Crippen molar-refractivity contribution >= 4 is 16.7 Å². The third-order valence-electron chi connectivity index (χ3n) is 6.00. The molecule has 1 aliphatic rings. The van der Waals surface area contributed by atoms with Crippen molar-refractivity contribution in [2.24, 2.45) is 0 Å². The maximum absolute atomic E-state index is 12.8. The molecule has 1 heterocycles. The van der Waals surface area contributed by atoms with Crippen LogP contribution in [0.5, 0.6) is 5.75 Å². The van der Waals surface area contributed by atoms with Gasteiger partial charge in [0.25, 0.3) is 0 Å². The summed E-state index contributed by atoms with van der Waals surface area (Å²) in [6, 6.07) is 12.5. The average molecular weight is 393 g/mol. The predicted octanol–water partition coefficient (Wildman–Crippen LogP) is 4.37. The number of rotatable bonds is 6. The number of methoxy groups -OCH3 is 1. The van der Waals surface area contributed by atoms with Gasteiger partial charge in [-0.15, -0.1) is 10.2 Å². The summed E-state index contributed by atoms with van der Waals surface area (Å²) in [4.78, 5) is 12.8. The van der Waals surface area contributed by atoms with E-state index in [1.54, 1.807) is 13.4 Å². The van der Waals surface area contributed by atoms with E-state index in [-0.39, 0.29) is 11.8 Å². The lowest BCUT2D eigenvalue weighted by Gasteiger charge is -2.24. The second-order valence-electron chi connectivity index (χ2n) is 7.86. The Morgan fingerprint density at radius 1 is 1.17 bits per heavy atom. The van der Waals surface area contributed by atoms with Crippen molar-refractivity contribution < 1.29 is 9.53 Å². The number of aromatic nitrogens is 3. The first-order valence-corrected chi connectivity index (χ1v) is 10.4. The zero-order valence-electron chi connectivity index (χ0n) is 17.1. The smallest absolute Gasteiger partial charge is 0.227 e. The Hall–Kier alpha value is -2.89. The summed E-state index contributed by atoms with van der Waals surface area (Å²) in [5.74, 6) is 1.42. The van der Waals surface area contributed by atoms with Gasteiger partial charge in [0.15, 0.2) is 5.82 Å². The van der Waals surface area contributed by atoms with Crippen LogP contribution in [0.2, 0.25) is 0 Å². The second-order valence-corrected chi connectivity index (χ2v) is 7.86. The quantitative estimate of drug-likeness (QED) is 0.676.